The van der Waals surface area contributed by atoms with Crippen molar-refractivity contribution in [3.63, 3.8) is 0 Å². The maximum Gasteiger partial charge on any atom is 0.343 e. The third-order valence-electron chi connectivity index (χ3n) is 3.18. The molecule has 0 aliphatic heterocycles. The number of hydrogen-bond acceptors (Lipinski definition) is 5. The van der Waals surface area contributed by atoms with Gasteiger partial charge in [-0.25, -0.2) is 4.79 Å². The molecule has 0 aliphatic carbocycles. The Morgan fingerprint density at radius 1 is 0.957 bits per heavy atom. The van der Waals surface area contributed by atoms with E-state index in [0.29, 0.717) is 17.9 Å². The third kappa shape index (κ3) is 5.17. The van der Waals surface area contributed by atoms with Crippen molar-refractivity contribution in [2.24, 2.45) is 0 Å². The van der Waals surface area contributed by atoms with Crippen LogP contribution in [0.3, 0.4) is 0 Å². The summed E-state index contributed by atoms with van der Waals surface area (Å²) >= 11 is 0. The van der Waals surface area contributed by atoms with Crippen molar-refractivity contribution in [2.75, 3.05) is 27.6 Å². The second kappa shape index (κ2) is 9.05. The number of methoxy groups -OCH3 is 2. The van der Waals surface area contributed by atoms with Gasteiger partial charge in [-0.2, -0.15) is 0 Å². The first-order valence-corrected chi connectivity index (χ1v) is 7.21. The van der Waals surface area contributed by atoms with Gasteiger partial charge >= 0.3 is 5.97 Å². The van der Waals surface area contributed by atoms with Gasteiger partial charge in [0.25, 0.3) is 0 Å². The van der Waals surface area contributed by atoms with Crippen LogP contribution >= 0.6 is 0 Å². The van der Waals surface area contributed by atoms with E-state index in [1.165, 1.54) is 0 Å². The molecule has 5 heteroatoms. The smallest absolute Gasteiger partial charge is 0.343 e. The lowest BCUT2D eigenvalue weighted by Crippen LogP contribution is -2.12. The number of ether oxygens (including phenoxy) is 4. The Labute approximate surface area is 135 Å². The Morgan fingerprint density at radius 3 is 2.26 bits per heavy atom. The lowest BCUT2D eigenvalue weighted by atomic mass is 10.1. The van der Waals surface area contributed by atoms with Crippen LogP contribution in [0.5, 0.6) is 5.75 Å². The van der Waals surface area contributed by atoms with E-state index < -0.39 is 0 Å². The minimum atomic E-state index is -0.387. The molecule has 122 valence electrons. The normalized spacial score (nSPS) is 11.9. The number of carbonyl (C=O) groups excluding carboxylic acids is 1. The predicted octanol–water partition coefficient (Wildman–Crippen LogP) is 3.21. The highest BCUT2D eigenvalue weighted by Crippen LogP contribution is 2.22. The van der Waals surface area contributed by atoms with Crippen LogP contribution < -0.4 is 4.74 Å². The molecule has 0 aliphatic rings. The zero-order valence-electron chi connectivity index (χ0n) is 13.2. The first-order valence-electron chi connectivity index (χ1n) is 7.21. The van der Waals surface area contributed by atoms with Gasteiger partial charge < -0.3 is 18.9 Å². The molecule has 23 heavy (non-hydrogen) atoms. The summed E-state index contributed by atoms with van der Waals surface area (Å²) in [6, 6.07) is 16.0. The zero-order chi connectivity index (χ0) is 16.5. The first-order chi connectivity index (χ1) is 11.2. The van der Waals surface area contributed by atoms with Gasteiger partial charge in [0.2, 0.25) is 0 Å². The van der Waals surface area contributed by atoms with Crippen molar-refractivity contribution < 1.29 is 23.7 Å². The van der Waals surface area contributed by atoms with Gasteiger partial charge in [0, 0.05) is 14.2 Å². The SMILES string of the molecule is COCOC(COC)c1ccc(OC(=O)c2ccccc2)cc1. The number of carbonyl (C=O) groups is 1. The van der Waals surface area contributed by atoms with Crippen LogP contribution in [-0.4, -0.2) is 33.6 Å². The average molecular weight is 316 g/mol. The highest BCUT2D eigenvalue weighted by Gasteiger charge is 2.13. The molecule has 2 aromatic rings. The summed E-state index contributed by atoms with van der Waals surface area (Å²) in [6.45, 7) is 0.589. The lowest BCUT2D eigenvalue weighted by molar-refractivity contribution is -0.0938. The molecule has 0 heterocycles. The second-order valence-corrected chi connectivity index (χ2v) is 4.84. The van der Waals surface area contributed by atoms with E-state index in [0.717, 1.165) is 5.56 Å². The van der Waals surface area contributed by atoms with Crippen LogP contribution in [0, 0.1) is 0 Å². The van der Waals surface area contributed by atoms with Gasteiger partial charge in [-0.1, -0.05) is 30.3 Å². The van der Waals surface area contributed by atoms with E-state index in [4.69, 9.17) is 18.9 Å². The molecule has 5 nitrogen and oxygen atoms in total. The van der Waals surface area contributed by atoms with Crippen LogP contribution in [0.25, 0.3) is 0 Å². The predicted molar refractivity (Wildman–Crippen MR) is 85.4 cm³/mol. The topological polar surface area (TPSA) is 54.0 Å². The summed E-state index contributed by atoms with van der Waals surface area (Å²) in [6.07, 6.45) is -0.237. The van der Waals surface area contributed by atoms with Gasteiger partial charge in [-0.3, -0.25) is 0 Å². The van der Waals surface area contributed by atoms with E-state index >= 15 is 0 Å². The standard InChI is InChI=1S/C18H20O5/c1-20-12-17(22-13-21-2)14-8-10-16(11-9-14)23-18(19)15-6-4-3-5-7-15/h3-11,17H,12-13H2,1-2H3. The van der Waals surface area contributed by atoms with E-state index in [1.54, 1.807) is 50.6 Å². The Hall–Kier alpha value is -2.21. The number of rotatable bonds is 8. The Bertz CT molecular complexity index is 595. The van der Waals surface area contributed by atoms with Gasteiger partial charge in [0.15, 0.2) is 0 Å². The van der Waals surface area contributed by atoms with Gasteiger partial charge in [-0.15, -0.1) is 0 Å². The fourth-order valence-electron chi connectivity index (χ4n) is 2.03. The molecule has 0 N–H and O–H groups in total. The fourth-order valence-corrected chi connectivity index (χ4v) is 2.03. The monoisotopic (exact) mass is 316 g/mol. The molecule has 0 saturated carbocycles. The number of hydrogen-bond donors (Lipinski definition) is 0. The molecule has 1 unspecified atom stereocenters. The van der Waals surface area contributed by atoms with E-state index in [-0.39, 0.29) is 18.9 Å². The molecule has 0 spiro atoms. The molecular weight excluding hydrogens is 296 g/mol. The summed E-state index contributed by atoms with van der Waals surface area (Å²) in [7, 11) is 3.18. The van der Waals surface area contributed by atoms with Crippen LogP contribution in [0.4, 0.5) is 0 Å². The largest absolute Gasteiger partial charge is 0.423 e. The maximum atomic E-state index is 12.0. The number of esters is 1. The molecule has 0 radical (unpaired) electrons. The van der Waals surface area contributed by atoms with Crippen LogP contribution in [0.15, 0.2) is 54.6 Å². The lowest BCUT2D eigenvalue weighted by Gasteiger charge is -2.17. The molecule has 0 saturated heterocycles. The fraction of sp³-hybridized carbons (Fsp3) is 0.278. The minimum Gasteiger partial charge on any atom is -0.423 e. The average Bonchev–Trinajstić information content (AvgIpc) is 2.60. The molecular formula is C18H20O5. The Morgan fingerprint density at radius 2 is 1.65 bits per heavy atom. The summed E-state index contributed by atoms with van der Waals surface area (Å²) in [5, 5.41) is 0. The van der Waals surface area contributed by atoms with Gasteiger partial charge in [0.05, 0.1) is 12.2 Å². The number of benzene rings is 2. The molecule has 2 aromatic carbocycles. The summed E-state index contributed by atoms with van der Waals surface area (Å²) in [5.41, 5.74) is 1.43. The minimum absolute atomic E-state index is 0.179. The van der Waals surface area contributed by atoms with Crippen molar-refractivity contribution >= 4 is 5.97 Å². The third-order valence-corrected chi connectivity index (χ3v) is 3.18. The Balaban J connectivity index is 2.02. The van der Waals surface area contributed by atoms with Crippen molar-refractivity contribution in [1.82, 2.24) is 0 Å². The van der Waals surface area contributed by atoms with Crippen molar-refractivity contribution in [2.45, 2.75) is 6.10 Å². The molecule has 0 fully saturated rings. The first kappa shape index (κ1) is 17.1. The van der Waals surface area contributed by atoms with E-state index in [9.17, 15) is 4.79 Å². The summed E-state index contributed by atoms with van der Waals surface area (Å²) in [4.78, 5) is 12.0. The Kier molecular flexibility index (Phi) is 6.75. The quantitative estimate of drug-likeness (QED) is 0.425. The van der Waals surface area contributed by atoms with Crippen molar-refractivity contribution in [3.05, 3.63) is 65.7 Å². The summed E-state index contributed by atoms with van der Waals surface area (Å²) < 4.78 is 21.0. The molecule has 1 atom stereocenters. The van der Waals surface area contributed by atoms with Crippen LogP contribution in [-0.2, 0) is 14.2 Å². The van der Waals surface area contributed by atoms with Crippen LogP contribution in [0.1, 0.15) is 22.0 Å². The van der Waals surface area contributed by atoms with E-state index in [1.807, 2.05) is 18.2 Å². The zero-order valence-corrected chi connectivity index (χ0v) is 13.2. The molecule has 0 bridgehead atoms. The highest BCUT2D eigenvalue weighted by molar-refractivity contribution is 5.90. The van der Waals surface area contributed by atoms with Crippen molar-refractivity contribution in [3.8, 4) is 5.75 Å². The molecule has 2 rings (SSSR count). The van der Waals surface area contributed by atoms with Gasteiger partial charge in [-0.05, 0) is 29.8 Å². The highest BCUT2D eigenvalue weighted by atomic mass is 16.7. The van der Waals surface area contributed by atoms with Crippen molar-refractivity contribution in [1.29, 1.82) is 0 Å². The molecule has 0 amide bonds. The maximum absolute atomic E-state index is 12.0. The van der Waals surface area contributed by atoms with Crippen LogP contribution in [0.2, 0.25) is 0 Å². The van der Waals surface area contributed by atoms with E-state index in [2.05, 4.69) is 0 Å². The summed E-state index contributed by atoms with van der Waals surface area (Å²) in [5.74, 6) is 0.0907. The molecule has 0 aromatic heterocycles. The second-order valence-electron chi connectivity index (χ2n) is 4.84. The van der Waals surface area contributed by atoms with Gasteiger partial charge in [0.1, 0.15) is 18.6 Å².